The third kappa shape index (κ3) is 2.14. The molecule has 0 aliphatic carbocycles. The van der Waals surface area contributed by atoms with Crippen LogP contribution in [-0.2, 0) is 0 Å². The summed E-state index contributed by atoms with van der Waals surface area (Å²) in [6, 6.07) is 9.35. The number of nitrogens with zero attached hydrogens (tertiary/aromatic N) is 2. The average Bonchev–Trinajstić information content (AvgIpc) is 2.81. The van der Waals surface area contributed by atoms with Gasteiger partial charge in [0.2, 0.25) is 0 Å². The zero-order valence-corrected chi connectivity index (χ0v) is 11.6. The van der Waals surface area contributed by atoms with Crippen molar-refractivity contribution in [1.82, 2.24) is 10.1 Å². The summed E-state index contributed by atoms with van der Waals surface area (Å²) < 4.78 is 5.42. The number of pyridine rings is 1. The molecule has 0 saturated carbocycles. The molecule has 0 unspecified atom stereocenters. The number of hydrogen-bond donors (Lipinski definition) is 1. The molecule has 0 atom stereocenters. The van der Waals surface area contributed by atoms with Gasteiger partial charge in [-0.15, -0.1) is 0 Å². The number of nitrogen functional groups attached to an aromatic ring is 1. The van der Waals surface area contributed by atoms with E-state index in [-0.39, 0.29) is 0 Å². The lowest BCUT2D eigenvalue weighted by Crippen LogP contribution is -1.90. The fourth-order valence-corrected chi connectivity index (χ4v) is 2.39. The van der Waals surface area contributed by atoms with Crippen molar-refractivity contribution < 1.29 is 4.52 Å². The molecular weight excluding hydrogens is 274 g/mol. The standard InChI is InChI=1S/C15H12ClN3O/c1-9-8-11(16)2-3-12(9)14-13(15(17)19-20-14)10-4-6-18-7-5-10/h2-8H,1H3,(H2,17,19). The Bertz CT molecular complexity index is 753. The first kappa shape index (κ1) is 12.7. The topological polar surface area (TPSA) is 64.9 Å². The van der Waals surface area contributed by atoms with E-state index in [2.05, 4.69) is 10.1 Å². The number of nitrogens with two attached hydrogens (primary N) is 1. The maximum absolute atomic E-state index is 5.99. The van der Waals surface area contributed by atoms with Gasteiger partial charge in [-0.05, 0) is 48.4 Å². The minimum absolute atomic E-state index is 0.362. The maximum atomic E-state index is 5.99. The van der Waals surface area contributed by atoms with E-state index in [0.29, 0.717) is 16.6 Å². The van der Waals surface area contributed by atoms with Gasteiger partial charge in [0.15, 0.2) is 11.6 Å². The molecule has 0 radical (unpaired) electrons. The quantitative estimate of drug-likeness (QED) is 0.774. The van der Waals surface area contributed by atoms with Crippen molar-refractivity contribution in [2.24, 2.45) is 0 Å². The Balaban J connectivity index is 2.21. The maximum Gasteiger partial charge on any atom is 0.177 e. The first-order valence-corrected chi connectivity index (χ1v) is 6.46. The van der Waals surface area contributed by atoms with Crippen molar-refractivity contribution in [3.63, 3.8) is 0 Å². The number of anilines is 1. The second kappa shape index (κ2) is 4.98. The van der Waals surface area contributed by atoms with E-state index in [4.69, 9.17) is 21.9 Å². The first-order valence-electron chi connectivity index (χ1n) is 6.09. The van der Waals surface area contributed by atoms with E-state index in [0.717, 1.165) is 22.3 Å². The van der Waals surface area contributed by atoms with E-state index in [1.165, 1.54) is 0 Å². The van der Waals surface area contributed by atoms with Gasteiger partial charge in [0.05, 0.1) is 5.56 Å². The molecular formula is C15H12ClN3O. The lowest BCUT2D eigenvalue weighted by molar-refractivity contribution is 0.436. The van der Waals surface area contributed by atoms with Crippen molar-refractivity contribution in [3.05, 3.63) is 53.3 Å². The number of halogens is 1. The van der Waals surface area contributed by atoms with Crippen LogP contribution < -0.4 is 5.73 Å². The monoisotopic (exact) mass is 285 g/mol. The highest BCUT2D eigenvalue weighted by Gasteiger charge is 2.18. The van der Waals surface area contributed by atoms with Crippen LogP contribution in [0.4, 0.5) is 5.82 Å². The minimum Gasteiger partial charge on any atom is -0.380 e. The van der Waals surface area contributed by atoms with Gasteiger partial charge in [0.1, 0.15) is 0 Å². The zero-order valence-electron chi connectivity index (χ0n) is 10.8. The molecule has 0 aliphatic rings. The second-order valence-corrected chi connectivity index (χ2v) is 4.90. The van der Waals surface area contributed by atoms with Gasteiger partial charge in [-0.25, -0.2) is 0 Å². The Kier molecular flexibility index (Phi) is 3.16. The number of hydrogen-bond acceptors (Lipinski definition) is 4. The zero-order chi connectivity index (χ0) is 14.1. The highest BCUT2D eigenvalue weighted by molar-refractivity contribution is 6.30. The Morgan fingerprint density at radius 2 is 1.90 bits per heavy atom. The van der Waals surface area contributed by atoms with Crippen LogP contribution in [0, 0.1) is 6.92 Å². The molecule has 0 fully saturated rings. The van der Waals surface area contributed by atoms with Crippen LogP contribution in [0.1, 0.15) is 5.56 Å². The van der Waals surface area contributed by atoms with Crippen molar-refractivity contribution >= 4 is 17.4 Å². The van der Waals surface area contributed by atoms with E-state index >= 15 is 0 Å². The van der Waals surface area contributed by atoms with E-state index < -0.39 is 0 Å². The van der Waals surface area contributed by atoms with Gasteiger partial charge in [-0.3, -0.25) is 4.98 Å². The molecule has 1 aromatic carbocycles. The third-order valence-corrected chi connectivity index (χ3v) is 3.36. The summed E-state index contributed by atoms with van der Waals surface area (Å²) in [6.07, 6.45) is 3.42. The van der Waals surface area contributed by atoms with Crippen LogP contribution in [0.5, 0.6) is 0 Å². The van der Waals surface area contributed by atoms with Gasteiger partial charge in [-0.2, -0.15) is 0 Å². The SMILES string of the molecule is Cc1cc(Cl)ccc1-c1onc(N)c1-c1ccncc1. The fourth-order valence-electron chi connectivity index (χ4n) is 2.17. The molecule has 5 heteroatoms. The lowest BCUT2D eigenvalue weighted by Gasteiger charge is -2.06. The smallest absolute Gasteiger partial charge is 0.177 e. The summed E-state index contributed by atoms with van der Waals surface area (Å²) in [5.41, 5.74) is 9.56. The number of aryl methyl sites for hydroxylation is 1. The minimum atomic E-state index is 0.362. The van der Waals surface area contributed by atoms with Crippen molar-refractivity contribution in [1.29, 1.82) is 0 Å². The number of benzene rings is 1. The molecule has 0 spiro atoms. The number of aromatic nitrogens is 2. The van der Waals surface area contributed by atoms with E-state index in [9.17, 15) is 0 Å². The summed E-state index contributed by atoms with van der Waals surface area (Å²) in [6.45, 7) is 1.97. The van der Waals surface area contributed by atoms with E-state index in [1.54, 1.807) is 12.4 Å². The van der Waals surface area contributed by atoms with Gasteiger partial charge in [0, 0.05) is 23.0 Å². The normalized spacial score (nSPS) is 10.7. The molecule has 0 saturated heterocycles. The van der Waals surface area contributed by atoms with Crippen LogP contribution in [-0.4, -0.2) is 10.1 Å². The van der Waals surface area contributed by atoms with Crippen molar-refractivity contribution in [3.8, 4) is 22.5 Å². The van der Waals surface area contributed by atoms with Gasteiger partial charge in [-0.1, -0.05) is 16.8 Å². The molecule has 2 heterocycles. The van der Waals surface area contributed by atoms with Crippen LogP contribution in [0.2, 0.25) is 5.02 Å². The van der Waals surface area contributed by atoms with Crippen LogP contribution in [0.3, 0.4) is 0 Å². The molecule has 2 N–H and O–H groups in total. The fraction of sp³-hybridized carbons (Fsp3) is 0.0667. The van der Waals surface area contributed by atoms with Crippen molar-refractivity contribution in [2.45, 2.75) is 6.92 Å². The molecule has 0 amide bonds. The largest absolute Gasteiger partial charge is 0.380 e. The molecule has 20 heavy (non-hydrogen) atoms. The molecule has 2 aromatic heterocycles. The highest BCUT2D eigenvalue weighted by atomic mass is 35.5. The molecule has 100 valence electrons. The first-order chi connectivity index (χ1) is 9.66. The van der Waals surface area contributed by atoms with Crippen LogP contribution in [0.15, 0.2) is 47.2 Å². The molecule has 3 aromatic rings. The molecule has 0 bridgehead atoms. The number of rotatable bonds is 2. The van der Waals surface area contributed by atoms with Crippen LogP contribution >= 0.6 is 11.6 Å². The summed E-state index contributed by atoms with van der Waals surface area (Å²) in [5, 5.41) is 4.57. The Labute approximate surface area is 121 Å². The highest BCUT2D eigenvalue weighted by Crippen LogP contribution is 2.38. The summed E-state index contributed by atoms with van der Waals surface area (Å²) in [7, 11) is 0. The van der Waals surface area contributed by atoms with Gasteiger partial charge >= 0.3 is 0 Å². The molecule has 4 nitrogen and oxygen atoms in total. The Morgan fingerprint density at radius 1 is 1.15 bits per heavy atom. The summed E-state index contributed by atoms with van der Waals surface area (Å²) in [4.78, 5) is 4.01. The summed E-state index contributed by atoms with van der Waals surface area (Å²) >= 11 is 5.99. The molecule has 0 aliphatic heterocycles. The Morgan fingerprint density at radius 3 is 2.60 bits per heavy atom. The predicted molar refractivity (Wildman–Crippen MR) is 79.3 cm³/mol. The van der Waals surface area contributed by atoms with E-state index in [1.807, 2.05) is 37.3 Å². The van der Waals surface area contributed by atoms with Gasteiger partial charge < -0.3 is 10.3 Å². The third-order valence-electron chi connectivity index (χ3n) is 3.12. The van der Waals surface area contributed by atoms with Crippen LogP contribution in [0.25, 0.3) is 22.5 Å². The van der Waals surface area contributed by atoms with Gasteiger partial charge in [0.25, 0.3) is 0 Å². The van der Waals surface area contributed by atoms with Crippen molar-refractivity contribution in [2.75, 3.05) is 5.73 Å². The second-order valence-electron chi connectivity index (χ2n) is 4.47. The lowest BCUT2D eigenvalue weighted by atomic mass is 9.99. The molecule has 3 rings (SSSR count). The Hall–Kier alpha value is -2.33. The summed E-state index contributed by atoms with van der Waals surface area (Å²) in [5.74, 6) is 1.00. The average molecular weight is 286 g/mol. The predicted octanol–water partition coefficient (Wildman–Crippen LogP) is 3.95.